The van der Waals surface area contributed by atoms with Gasteiger partial charge in [-0.1, -0.05) is 19.1 Å². The van der Waals surface area contributed by atoms with Gasteiger partial charge in [0.1, 0.15) is 0 Å². The number of amides is 1. The molecule has 1 saturated heterocycles. The van der Waals surface area contributed by atoms with Gasteiger partial charge in [0.2, 0.25) is 15.9 Å². The van der Waals surface area contributed by atoms with Crippen molar-refractivity contribution in [1.29, 1.82) is 0 Å². The van der Waals surface area contributed by atoms with Crippen molar-refractivity contribution in [1.82, 2.24) is 9.21 Å². The van der Waals surface area contributed by atoms with E-state index in [0.717, 1.165) is 32.2 Å². The lowest BCUT2D eigenvalue weighted by molar-refractivity contribution is -0.133. The lowest BCUT2D eigenvalue weighted by Gasteiger charge is -2.32. The van der Waals surface area contributed by atoms with Crippen molar-refractivity contribution in [2.45, 2.75) is 32.6 Å². The van der Waals surface area contributed by atoms with E-state index in [9.17, 15) is 13.2 Å². The molecule has 2 rings (SSSR count). The fraction of sp³-hybridized carbons (Fsp3) is 0.643. The third kappa shape index (κ3) is 3.62. The molecule has 0 aromatic heterocycles. The van der Waals surface area contributed by atoms with Crippen molar-refractivity contribution in [3.05, 3.63) is 24.6 Å². The van der Waals surface area contributed by atoms with Crippen LogP contribution in [-0.2, 0) is 14.8 Å². The highest BCUT2D eigenvalue weighted by molar-refractivity contribution is 7.88. The maximum Gasteiger partial charge on any atom is 0.235 e. The number of allylic oxidation sites excluding steroid dienone is 2. The van der Waals surface area contributed by atoms with Crippen LogP contribution in [-0.4, -0.2) is 42.9 Å². The quantitative estimate of drug-likeness (QED) is 0.797. The maximum atomic E-state index is 12.3. The summed E-state index contributed by atoms with van der Waals surface area (Å²) in [6, 6.07) is 0. The van der Waals surface area contributed by atoms with E-state index >= 15 is 0 Å². The molecule has 2 heterocycles. The number of hydrogen-bond donors (Lipinski definition) is 0. The van der Waals surface area contributed by atoms with Crippen LogP contribution in [0.3, 0.4) is 0 Å². The highest BCUT2D eigenvalue weighted by atomic mass is 32.2. The summed E-state index contributed by atoms with van der Waals surface area (Å²) in [7, 11) is -3.26. The summed E-state index contributed by atoms with van der Waals surface area (Å²) >= 11 is 0. The van der Waals surface area contributed by atoms with Gasteiger partial charge in [0.25, 0.3) is 0 Å². The van der Waals surface area contributed by atoms with Gasteiger partial charge in [-0.25, -0.2) is 8.42 Å². The predicted molar refractivity (Wildman–Crippen MR) is 78.1 cm³/mol. The summed E-state index contributed by atoms with van der Waals surface area (Å²) in [5, 5.41) is 0. The monoisotopic (exact) mass is 298 g/mol. The minimum atomic E-state index is -3.26. The van der Waals surface area contributed by atoms with Crippen LogP contribution in [0, 0.1) is 5.41 Å². The molecule has 0 radical (unpaired) electrons. The van der Waals surface area contributed by atoms with E-state index < -0.39 is 15.4 Å². The van der Waals surface area contributed by atoms with Crippen molar-refractivity contribution in [3.63, 3.8) is 0 Å². The van der Waals surface area contributed by atoms with Crippen LogP contribution in [0.25, 0.3) is 0 Å². The number of piperidine rings is 1. The Kier molecular flexibility index (Phi) is 4.22. The fourth-order valence-electron chi connectivity index (χ4n) is 2.51. The average molecular weight is 298 g/mol. The SMILES string of the molecule is CC1(CC(=O)N2CCCCC2)C=CN(S(C)(=O)=O)C=C1. The van der Waals surface area contributed by atoms with Gasteiger partial charge >= 0.3 is 0 Å². The molecule has 0 aromatic carbocycles. The fourth-order valence-corrected chi connectivity index (χ4v) is 3.08. The van der Waals surface area contributed by atoms with Crippen LogP contribution in [0.15, 0.2) is 24.6 Å². The topological polar surface area (TPSA) is 57.7 Å². The van der Waals surface area contributed by atoms with Gasteiger partial charge in [0.05, 0.1) is 6.26 Å². The zero-order valence-corrected chi connectivity index (χ0v) is 12.9. The molecule has 0 bridgehead atoms. The van der Waals surface area contributed by atoms with Gasteiger partial charge < -0.3 is 4.90 Å². The van der Waals surface area contributed by atoms with E-state index in [-0.39, 0.29) is 5.91 Å². The van der Waals surface area contributed by atoms with Gasteiger partial charge in [-0.05, 0) is 19.3 Å². The Morgan fingerprint density at radius 3 is 2.20 bits per heavy atom. The van der Waals surface area contributed by atoms with E-state index in [1.54, 1.807) is 12.2 Å². The van der Waals surface area contributed by atoms with Crippen molar-refractivity contribution in [2.24, 2.45) is 5.41 Å². The highest BCUT2D eigenvalue weighted by Crippen LogP contribution is 2.30. The minimum absolute atomic E-state index is 0.148. The molecular formula is C14H22N2O3S. The zero-order valence-electron chi connectivity index (χ0n) is 12.1. The van der Waals surface area contributed by atoms with Crippen molar-refractivity contribution in [2.75, 3.05) is 19.3 Å². The summed E-state index contributed by atoms with van der Waals surface area (Å²) in [6.45, 7) is 3.64. The van der Waals surface area contributed by atoms with Crippen LogP contribution in [0.4, 0.5) is 0 Å². The third-order valence-electron chi connectivity index (χ3n) is 3.83. The first-order valence-corrected chi connectivity index (χ1v) is 8.80. The van der Waals surface area contributed by atoms with E-state index in [0.29, 0.717) is 6.42 Å². The summed E-state index contributed by atoms with van der Waals surface area (Å²) in [5.41, 5.74) is -0.407. The molecule has 112 valence electrons. The normalized spacial score (nSPS) is 22.1. The van der Waals surface area contributed by atoms with E-state index in [2.05, 4.69) is 0 Å². The summed E-state index contributed by atoms with van der Waals surface area (Å²) < 4.78 is 24.0. The predicted octanol–water partition coefficient (Wildman–Crippen LogP) is 1.70. The molecule has 20 heavy (non-hydrogen) atoms. The van der Waals surface area contributed by atoms with Crippen molar-refractivity contribution < 1.29 is 13.2 Å². The molecule has 5 nitrogen and oxygen atoms in total. The van der Waals surface area contributed by atoms with Crippen LogP contribution >= 0.6 is 0 Å². The highest BCUT2D eigenvalue weighted by Gasteiger charge is 2.28. The number of nitrogens with zero attached hydrogens (tertiary/aromatic N) is 2. The standard InChI is InChI=1S/C14H22N2O3S/c1-14(6-10-16(11-7-14)20(2,18)19)12-13(17)15-8-4-3-5-9-15/h6-7,10-11H,3-5,8-9,12H2,1-2H3. The summed E-state index contributed by atoms with van der Waals surface area (Å²) in [4.78, 5) is 14.2. The Hall–Kier alpha value is -1.30. The molecule has 2 aliphatic heterocycles. The molecule has 0 spiro atoms. The number of likely N-dealkylation sites (tertiary alicyclic amines) is 1. The average Bonchev–Trinajstić information content (AvgIpc) is 2.38. The Balaban J connectivity index is 1.99. The van der Waals surface area contributed by atoms with Gasteiger partial charge in [0, 0.05) is 37.3 Å². The number of rotatable bonds is 3. The molecule has 6 heteroatoms. The lowest BCUT2D eigenvalue weighted by Crippen LogP contribution is -2.38. The van der Waals surface area contributed by atoms with Gasteiger partial charge in [-0.2, -0.15) is 0 Å². The molecule has 1 fully saturated rings. The zero-order chi connectivity index (χ0) is 14.8. The van der Waals surface area contributed by atoms with Crippen molar-refractivity contribution in [3.8, 4) is 0 Å². The molecule has 0 aromatic rings. The second kappa shape index (κ2) is 5.60. The number of hydrogen-bond acceptors (Lipinski definition) is 3. The molecule has 0 saturated carbocycles. The largest absolute Gasteiger partial charge is 0.343 e. The van der Waals surface area contributed by atoms with Crippen LogP contribution < -0.4 is 0 Å². The molecule has 0 aliphatic carbocycles. The number of carbonyl (C=O) groups excluding carboxylic acids is 1. The van der Waals surface area contributed by atoms with Crippen LogP contribution in [0.2, 0.25) is 0 Å². The Morgan fingerprint density at radius 1 is 1.15 bits per heavy atom. The van der Waals surface area contributed by atoms with Gasteiger partial charge in [-0.15, -0.1) is 0 Å². The Bertz CT molecular complexity index is 517. The first kappa shape index (κ1) is 15.1. The molecular weight excluding hydrogens is 276 g/mol. The third-order valence-corrected chi connectivity index (χ3v) is 4.84. The van der Waals surface area contributed by atoms with Crippen LogP contribution in [0.5, 0.6) is 0 Å². The first-order chi connectivity index (χ1) is 9.30. The molecule has 0 atom stereocenters. The Labute approximate surface area is 121 Å². The smallest absolute Gasteiger partial charge is 0.235 e. The van der Waals surface area contributed by atoms with Crippen molar-refractivity contribution >= 4 is 15.9 Å². The first-order valence-electron chi connectivity index (χ1n) is 6.95. The second-order valence-electron chi connectivity index (χ2n) is 5.85. The maximum absolute atomic E-state index is 12.3. The summed E-state index contributed by atoms with van der Waals surface area (Å²) in [6.07, 6.45) is 11.5. The molecule has 1 amide bonds. The van der Waals surface area contributed by atoms with E-state index in [4.69, 9.17) is 0 Å². The van der Waals surface area contributed by atoms with E-state index in [1.807, 2.05) is 11.8 Å². The number of carbonyl (C=O) groups is 1. The molecule has 0 unspecified atom stereocenters. The Morgan fingerprint density at radius 2 is 1.70 bits per heavy atom. The minimum Gasteiger partial charge on any atom is -0.343 e. The second-order valence-corrected chi connectivity index (χ2v) is 7.74. The summed E-state index contributed by atoms with van der Waals surface area (Å²) in [5.74, 6) is 0.148. The van der Waals surface area contributed by atoms with Crippen LogP contribution in [0.1, 0.15) is 32.6 Å². The van der Waals surface area contributed by atoms with E-state index in [1.165, 1.54) is 23.1 Å². The number of sulfonamides is 1. The van der Waals surface area contributed by atoms with Gasteiger partial charge in [-0.3, -0.25) is 9.10 Å². The molecule has 2 aliphatic rings. The van der Waals surface area contributed by atoms with Gasteiger partial charge in [0.15, 0.2) is 0 Å². The molecule has 0 N–H and O–H groups in total. The lowest BCUT2D eigenvalue weighted by atomic mass is 9.85.